The highest BCUT2D eigenvalue weighted by molar-refractivity contribution is 7.92. The fraction of sp³-hybridized carbons (Fsp3) is 0.923. The van der Waals surface area contributed by atoms with Crippen molar-refractivity contribution in [3.05, 3.63) is 0 Å². The molecule has 0 radical (unpaired) electrons. The van der Waals surface area contributed by atoms with Crippen LogP contribution >= 0.6 is 12.4 Å². The van der Waals surface area contributed by atoms with Crippen LogP contribution in [-0.4, -0.2) is 55.9 Å². The maximum absolute atomic E-state index is 12.1. The van der Waals surface area contributed by atoms with Gasteiger partial charge >= 0.3 is 0 Å². The third-order valence-corrected chi connectivity index (χ3v) is 6.49. The number of hydrogen-bond donors (Lipinski definition) is 1. The van der Waals surface area contributed by atoms with Crippen LogP contribution in [0.3, 0.4) is 0 Å². The summed E-state index contributed by atoms with van der Waals surface area (Å²) in [5.41, 5.74) is 0. The Bertz CT molecular complexity index is 421. The Balaban J connectivity index is 0.00000200. The fourth-order valence-corrected chi connectivity index (χ4v) is 4.84. The highest BCUT2D eigenvalue weighted by atomic mass is 35.5. The first kappa shape index (κ1) is 17.7. The van der Waals surface area contributed by atoms with E-state index in [0.717, 1.165) is 38.8 Å². The molecule has 2 aliphatic rings. The first-order valence-electron chi connectivity index (χ1n) is 7.22. The van der Waals surface area contributed by atoms with Gasteiger partial charge in [-0.1, -0.05) is 12.8 Å². The van der Waals surface area contributed by atoms with E-state index in [1.54, 1.807) is 4.90 Å². The van der Waals surface area contributed by atoms with E-state index in [4.69, 9.17) is 0 Å². The van der Waals surface area contributed by atoms with Crippen LogP contribution in [-0.2, 0) is 14.6 Å². The number of amides is 1. The second kappa shape index (κ2) is 7.61. The minimum atomic E-state index is -3.07. The van der Waals surface area contributed by atoms with Gasteiger partial charge in [-0.15, -0.1) is 12.4 Å². The molecule has 0 aromatic rings. The highest BCUT2D eigenvalue weighted by Gasteiger charge is 2.30. The second-order valence-corrected chi connectivity index (χ2v) is 8.06. The normalized spacial score (nSPS) is 24.4. The van der Waals surface area contributed by atoms with Crippen LogP contribution in [0.25, 0.3) is 0 Å². The number of carbonyl (C=O) groups excluding carboxylic acids is 1. The smallest absolute Gasteiger partial charge is 0.223 e. The van der Waals surface area contributed by atoms with Crippen molar-refractivity contribution in [2.24, 2.45) is 0 Å². The van der Waals surface area contributed by atoms with Gasteiger partial charge in [-0.05, 0) is 19.8 Å². The van der Waals surface area contributed by atoms with E-state index >= 15 is 0 Å². The van der Waals surface area contributed by atoms with Crippen LogP contribution < -0.4 is 5.32 Å². The summed E-state index contributed by atoms with van der Waals surface area (Å²) in [4.78, 5) is 13.9. The molecule has 2 fully saturated rings. The van der Waals surface area contributed by atoms with Crippen molar-refractivity contribution >= 4 is 28.2 Å². The molecule has 1 saturated heterocycles. The molecular formula is C13H25ClN2O3S. The zero-order valence-corrected chi connectivity index (χ0v) is 13.6. The number of sulfone groups is 1. The lowest BCUT2D eigenvalue weighted by molar-refractivity contribution is -0.133. The van der Waals surface area contributed by atoms with E-state index < -0.39 is 9.84 Å². The summed E-state index contributed by atoms with van der Waals surface area (Å²) in [5, 5.41) is 3.03. The molecule has 2 rings (SSSR count). The fourth-order valence-electron chi connectivity index (χ4n) is 3.00. The average molecular weight is 325 g/mol. The van der Waals surface area contributed by atoms with Crippen LogP contribution in [0, 0.1) is 0 Å². The summed E-state index contributed by atoms with van der Waals surface area (Å²) in [6.07, 6.45) is 3.71. The predicted octanol–water partition coefficient (Wildman–Crippen LogP) is 0.976. The monoisotopic (exact) mass is 324 g/mol. The second-order valence-electron chi connectivity index (χ2n) is 5.66. The molecule has 20 heavy (non-hydrogen) atoms. The number of halogens is 1. The summed E-state index contributed by atoms with van der Waals surface area (Å²) < 4.78 is 24.2. The molecule has 1 saturated carbocycles. The van der Waals surface area contributed by atoms with Crippen LogP contribution in [0.4, 0.5) is 0 Å². The van der Waals surface area contributed by atoms with Crippen molar-refractivity contribution in [3.63, 3.8) is 0 Å². The van der Waals surface area contributed by atoms with Gasteiger partial charge in [0.25, 0.3) is 0 Å². The highest BCUT2D eigenvalue weighted by Crippen LogP contribution is 2.25. The predicted molar refractivity (Wildman–Crippen MR) is 82.0 cm³/mol. The standard InChI is InChI=1S/C13H24N2O3S.ClH/c1-11-10-14-7-8-15(11)13(16)6-9-19(17,18)12-4-2-3-5-12;/h11-12,14H,2-10H2,1H3;1H/t11-;/m1./s1. The molecule has 1 atom stereocenters. The zero-order chi connectivity index (χ0) is 13.9. The maximum atomic E-state index is 12.1. The molecule has 0 bridgehead atoms. The number of piperazine rings is 1. The van der Waals surface area contributed by atoms with Crippen molar-refractivity contribution in [1.29, 1.82) is 0 Å². The molecule has 1 amide bonds. The summed E-state index contributed by atoms with van der Waals surface area (Å²) >= 11 is 0. The van der Waals surface area contributed by atoms with Crippen LogP contribution in [0.1, 0.15) is 39.0 Å². The largest absolute Gasteiger partial charge is 0.337 e. The Morgan fingerprint density at radius 3 is 2.55 bits per heavy atom. The number of rotatable bonds is 4. The first-order chi connectivity index (χ1) is 9.00. The van der Waals surface area contributed by atoms with Gasteiger partial charge < -0.3 is 10.2 Å². The summed E-state index contributed by atoms with van der Waals surface area (Å²) in [5.74, 6) is 0.00299. The van der Waals surface area contributed by atoms with Gasteiger partial charge in [0, 0.05) is 32.1 Å². The van der Waals surface area contributed by atoms with Gasteiger partial charge in [0.05, 0.1) is 11.0 Å². The Morgan fingerprint density at radius 1 is 1.30 bits per heavy atom. The molecule has 1 heterocycles. The van der Waals surface area contributed by atoms with Crippen molar-refractivity contribution in [3.8, 4) is 0 Å². The van der Waals surface area contributed by atoms with Crippen LogP contribution in [0.2, 0.25) is 0 Å². The molecule has 118 valence electrons. The lowest BCUT2D eigenvalue weighted by atomic mass is 10.2. The molecule has 0 spiro atoms. The molecular weight excluding hydrogens is 300 g/mol. The molecule has 0 unspecified atom stereocenters. The Morgan fingerprint density at radius 2 is 1.95 bits per heavy atom. The van der Waals surface area contributed by atoms with Gasteiger partial charge in [0.2, 0.25) is 5.91 Å². The lowest BCUT2D eigenvalue weighted by Crippen LogP contribution is -2.52. The molecule has 0 aromatic heterocycles. The maximum Gasteiger partial charge on any atom is 0.223 e. The van der Waals surface area contributed by atoms with E-state index in [9.17, 15) is 13.2 Å². The Kier molecular flexibility index (Phi) is 6.75. The molecule has 1 N–H and O–H groups in total. The van der Waals surface area contributed by atoms with E-state index in [-0.39, 0.29) is 41.8 Å². The van der Waals surface area contributed by atoms with Crippen LogP contribution in [0.5, 0.6) is 0 Å². The minimum Gasteiger partial charge on any atom is -0.337 e. The van der Waals surface area contributed by atoms with Crippen molar-refractivity contribution in [2.45, 2.75) is 50.3 Å². The third-order valence-electron chi connectivity index (χ3n) is 4.23. The van der Waals surface area contributed by atoms with Gasteiger partial charge in [-0.3, -0.25) is 4.79 Å². The van der Waals surface area contributed by atoms with E-state index in [2.05, 4.69) is 5.32 Å². The third kappa shape index (κ3) is 4.33. The summed E-state index contributed by atoms with van der Waals surface area (Å²) in [7, 11) is -3.07. The van der Waals surface area contributed by atoms with Gasteiger partial charge in [0.15, 0.2) is 9.84 Å². The lowest BCUT2D eigenvalue weighted by Gasteiger charge is -2.34. The number of nitrogens with zero attached hydrogens (tertiary/aromatic N) is 1. The van der Waals surface area contributed by atoms with Gasteiger partial charge in [-0.2, -0.15) is 0 Å². The average Bonchev–Trinajstić information content (AvgIpc) is 2.91. The Labute approximate surface area is 127 Å². The minimum absolute atomic E-state index is 0. The molecule has 1 aliphatic carbocycles. The number of nitrogens with one attached hydrogen (secondary N) is 1. The Hall–Kier alpha value is -0.330. The quantitative estimate of drug-likeness (QED) is 0.837. The molecule has 1 aliphatic heterocycles. The van der Waals surface area contributed by atoms with Crippen LogP contribution in [0.15, 0.2) is 0 Å². The van der Waals surface area contributed by atoms with Gasteiger partial charge in [-0.25, -0.2) is 8.42 Å². The molecule has 5 nitrogen and oxygen atoms in total. The van der Waals surface area contributed by atoms with E-state index in [0.29, 0.717) is 6.54 Å². The summed E-state index contributed by atoms with van der Waals surface area (Å²) in [6, 6.07) is 0.162. The van der Waals surface area contributed by atoms with E-state index in [1.165, 1.54) is 0 Å². The van der Waals surface area contributed by atoms with E-state index in [1.807, 2.05) is 6.92 Å². The SMILES string of the molecule is C[C@@H]1CNCCN1C(=O)CCS(=O)(=O)C1CCCC1.Cl. The molecule has 0 aromatic carbocycles. The summed E-state index contributed by atoms with van der Waals surface area (Å²) in [6.45, 7) is 4.27. The van der Waals surface area contributed by atoms with Crippen molar-refractivity contribution in [2.75, 3.05) is 25.4 Å². The van der Waals surface area contributed by atoms with Gasteiger partial charge in [0.1, 0.15) is 0 Å². The molecule has 7 heteroatoms. The topological polar surface area (TPSA) is 66.5 Å². The number of hydrogen-bond acceptors (Lipinski definition) is 4. The van der Waals surface area contributed by atoms with Crippen molar-refractivity contribution < 1.29 is 13.2 Å². The zero-order valence-electron chi connectivity index (χ0n) is 12.0. The number of carbonyl (C=O) groups is 1. The van der Waals surface area contributed by atoms with Crippen molar-refractivity contribution in [1.82, 2.24) is 10.2 Å². The first-order valence-corrected chi connectivity index (χ1v) is 8.94.